The first-order valence-electron chi connectivity index (χ1n) is 8.52. The fraction of sp³-hybridized carbons (Fsp3) is 0.444. The van der Waals surface area contributed by atoms with Gasteiger partial charge in [0.25, 0.3) is 0 Å². The van der Waals surface area contributed by atoms with Crippen LogP contribution in [-0.2, 0) is 18.3 Å². The average Bonchev–Trinajstić information content (AvgIpc) is 3.23. The summed E-state index contributed by atoms with van der Waals surface area (Å²) in [6.45, 7) is 2.45. The van der Waals surface area contributed by atoms with E-state index in [1.54, 1.807) is 0 Å². The highest BCUT2D eigenvalue weighted by atomic mass is 16.5. The van der Waals surface area contributed by atoms with E-state index < -0.39 is 0 Å². The maximum atomic E-state index is 5.54. The van der Waals surface area contributed by atoms with Crippen molar-refractivity contribution < 1.29 is 4.74 Å². The highest BCUT2D eigenvalue weighted by Gasteiger charge is 2.28. The molecule has 3 aromatic rings. The number of ether oxygens (including phenoxy) is 1. The molecule has 1 unspecified atom stereocenters. The molecular weight excluding hydrogens is 302 g/mol. The predicted octanol–water partition coefficient (Wildman–Crippen LogP) is 2.33. The average molecular weight is 325 g/mol. The number of pyridine rings is 1. The molecule has 1 N–H and O–H groups in total. The molecular formula is C18H23N5O. The van der Waals surface area contributed by atoms with Crippen LogP contribution in [-0.4, -0.2) is 32.4 Å². The van der Waals surface area contributed by atoms with Crippen LogP contribution < -0.4 is 5.32 Å². The number of aryl methyl sites for hydroxylation is 1. The molecule has 0 spiro atoms. The molecule has 6 nitrogen and oxygen atoms in total. The molecule has 0 saturated carbocycles. The van der Waals surface area contributed by atoms with E-state index in [0.717, 1.165) is 43.9 Å². The second-order valence-electron chi connectivity index (χ2n) is 6.40. The number of hydrogen-bond acceptors (Lipinski definition) is 4. The van der Waals surface area contributed by atoms with Crippen molar-refractivity contribution in [2.75, 3.05) is 13.2 Å². The van der Waals surface area contributed by atoms with Gasteiger partial charge in [-0.25, -0.2) is 9.50 Å². The van der Waals surface area contributed by atoms with Crippen LogP contribution in [0.15, 0.2) is 43.0 Å². The second kappa shape index (κ2) is 6.75. The minimum Gasteiger partial charge on any atom is -0.381 e. The highest BCUT2D eigenvalue weighted by molar-refractivity contribution is 5.53. The van der Waals surface area contributed by atoms with Gasteiger partial charge in [0.05, 0.1) is 17.8 Å². The first-order valence-corrected chi connectivity index (χ1v) is 8.52. The lowest BCUT2D eigenvalue weighted by molar-refractivity contribution is 0.0518. The SMILES string of the molecule is Cn1ccnc1C(NCc1cnn2ccccc12)C1CCOCC1. The molecule has 0 bridgehead atoms. The largest absolute Gasteiger partial charge is 0.381 e. The lowest BCUT2D eigenvalue weighted by Gasteiger charge is -2.30. The molecule has 6 heteroatoms. The molecule has 1 aliphatic heterocycles. The van der Waals surface area contributed by atoms with Crippen molar-refractivity contribution in [3.8, 4) is 0 Å². The van der Waals surface area contributed by atoms with Crippen LogP contribution in [0.2, 0.25) is 0 Å². The van der Waals surface area contributed by atoms with Gasteiger partial charge in [-0.05, 0) is 30.9 Å². The van der Waals surface area contributed by atoms with Crippen LogP contribution in [0.25, 0.3) is 5.52 Å². The third-order valence-electron chi connectivity index (χ3n) is 4.89. The van der Waals surface area contributed by atoms with Crippen molar-refractivity contribution >= 4 is 5.52 Å². The van der Waals surface area contributed by atoms with Gasteiger partial charge < -0.3 is 14.6 Å². The summed E-state index contributed by atoms with van der Waals surface area (Å²) < 4.78 is 9.57. The Hall–Kier alpha value is -2.18. The van der Waals surface area contributed by atoms with Gasteiger partial charge in [0.1, 0.15) is 5.82 Å². The van der Waals surface area contributed by atoms with Gasteiger partial charge >= 0.3 is 0 Å². The van der Waals surface area contributed by atoms with Crippen LogP contribution in [0.5, 0.6) is 0 Å². The summed E-state index contributed by atoms with van der Waals surface area (Å²) in [6.07, 6.45) is 9.95. The Morgan fingerprint density at radius 1 is 1.29 bits per heavy atom. The zero-order chi connectivity index (χ0) is 16.4. The maximum Gasteiger partial charge on any atom is 0.125 e. The molecule has 0 amide bonds. The lowest BCUT2D eigenvalue weighted by atomic mass is 9.91. The molecule has 3 aromatic heterocycles. The number of fused-ring (bicyclic) bond motifs is 1. The van der Waals surface area contributed by atoms with Gasteiger partial charge in [-0.3, -0.25) is 0 Å². The zero-order valence-electron chi connectivity index (χ0n) is 13.9. The van der Waals surface area contributed by atoms with E-state index in [4.69, 9.17) is 4.74 Å². The quantitative estimate of drug-likeness (QED) is 0.782. The summed E-state index contributed by atoms with van der Waals surface area (Å²) in [5, 5.41) is 8.16. The molecule has 0 aliphatic carbocycles. The Labute approximate surface area is 141 Å². The van der Waals surface area contributed by atoms with Crippen LogP contribution in [0, 0.1) is 5.92 Å². The van der Waals surface area contributed by atoms with Gasteiger partial charge in [-0.2, -0.15) is 5.10 Å². The molecule has 1 fully saturated rings. The Morgan fingerprint density at radius 2 is 2.17 bits per heavy atom. The smallest absolute Gasteiger partial charge is 0.125 e. The normalized spacial score (nSPS) is 17.4. The Bertz CT molecular complexity index is 802. The maximum absolute atomic E-state index is 5.54. The monoisotopic (exact) mass is 325 g/mol. The summed E-state index contributed by atoms with van der Waals surface area (Å²) >= 11 is 0. The minimum absolute atomic E-state index is 0.229. The fourth-order valence-electron chi connectivity index (χ4n) is 3.54. The lowest BCUT2D eigenvalue weighted by Crippen LogP contribution is -2.33. The Balaban J connectivity index is 1.56. The van der Waals surface area contributed by atoms with Crippen LogP contribution >= 0.6 is 0 Å². The van der Waals surface area contributed by atoms with E-state index in [9.17, 15) is 0 Å². The van der Waals surface area contributed by atoms with Crippen molar-refractivity contribution in [3.63, 3.8) is 0 Å². The minimum atomic E-state index is 0.229. The van der Waals surface area contributed by atoms with Gasteiger partial charge in [-0.1, -0.05) is 6.07 Å². The van der Waals surface area contributed by atoms with Crippen molar-refractivity contribution in [1.82, 2.24) is 24.5 Å². The number of imidazole rings is 1. The zero-order valence-corrected chi connectivity index (χ0v) is 13.9. The number of aromatic nitrogens is 4. The summed E-state index contributed by atoms with van der Waals surface area (Å²) in [5.41, 5.74) is 2.36. The summed E-state index contributed by atoms with van der Waals surface area (Å²) in [6, 6.07) is 6.38. The van der Waals surface area contributed by atoms with Crippen LogP contribution in [0.3, 0.4) is 0 Å². The van der Waals surface area contributed by atoms with Crippen molar-refractivity contribution in [2.24, 2.45) is 13.0 Å². The molecule has 4 heterocycles. The molecule has 24 heavy (non-hydrogen) atoms. The van der Waals surface area contributed by atoms with E-state index in [1.807, 2.05) is 35.4 Å². The Kier molecular flexibility index (Phi) is 4.32. The van der Waals surface area contributed by atoms with E-state index in [0.29, 0.717) is 5.92 Å². The molecule has 0 radical (unpaired) electrons. The summed E-state index contributed by atoms with van der Waals surface area (Å²) in [5.74, 6) is 1.64. The fourth-order valence-corrected chi connectivity index (χ4v) is 3.54. The van der Waals surface area contributed by atoms with Crippen molar-refractivity contribution in [1.29, 1.82) is 0 Å². The van der Waals surface area contributed by atoms with Crippen LogP contribution in [0.4, 0.5) is 0 Å². The van der Waals surface area contributed by atoms with E-state index in [1.165, 1.54) is 5.56 Å². The topological polar surface area (TPSA) is 56.4 Å². The Morgan fingerprint density at radius 3 is 2.96 bits per heavy atom. The molecule has 1 saturated heterocycles. The van der Waals surface area contributed by atoms with Crippen molar-refractivity contribution in [3.05, 3.63) is 54.4 Å². The second-order valence-corrected chi connectivity index (χ2v) is 6.40. The number of nitrogens with zero attached hydrogens (tertiary/aromatic N) is 4. The number of hydrogen-bond donors (Lipinski definition) is 1. The number of rotatable bonds is 5. The molecule has 4 rings (SSSR count). The van der Waals surface area contributed by atoms with E-state index >= 15 is 0 Å². The van der Waals surface area contributed by atoms with Crippen molar-refractivity contribution in [2.45, 2.75) is 25.4 Å². The molecule has 1 atom stereocenters. The highest BCUT2D eigenvalue weighted by Crippen LogP contribution is 2.29. The molecule has 0 aromatic carbocycles. The summed E-state index contributed by atoms with van der Waals surface area (Å²) in [7, 11) is 2.06. The van der Waals surface area contributed by atoms with Gasteiger partial charge in [-0.15, -0.1) is 0 Å². The van der Waals surface area contributed by atoms with Gasteiger partial charge in [0.15, 0.2) is 0 Å². The third kappa shape index (κ3) is 2.95. The van der Waals surface area contributed by atoms with E-state index in [2.05, 4.69) is 39.1 Å². The first-order chi connectivity index (χ1) is 11.8. The number of nitrogens with one attached hydrogen (secondary N) is 1. The first kappa shape index (κ1) is 15.4. The van der Waals surface area contributed by atoms with Gasteiger partial charge in [0.2, 0.25) is 0 Å². The third-order valence-corrected chi connectivity index (χ3v) is 4.89. The standard InChI is InChI=1S/C18H23N5O/c1-22-9-7-19-18(22)17(14-5-10-24-11-6-14)20-12-15-13-21-23-8-3-2-4-16(15)23/h2-4,7-9,13-14,17,20H,5-6,10-12H2,1H3. The van der Waals surface area contributed by atoms with Crippen LogP contribution in [0.1, 0.15) is 30.3 Å². The predicted molar refractivity (Wildman–Crippen MR) is 91.5 cm³/mol. The van der Waals surface area contributed by atoms with E-state index in [-0.39, 0.29) is 6.04 Å². The van der Waals surface area contributed by atoms with Gasteiger partial charge in [0, 0.05) is 51.0 Å². The summed E-state index contributed by atoms with van der Waals surface area (Å²) in [4.78, 5) is 4.59. The molecule has 1 aliphatic rings. The molecule has 126 valence electrons.